The van der Waals surface area contributed by atoms with Crippen molar-refractivity contribution in [2.24, 2.45) is 0 Å². The third kappa shape index (κ3) is 5.47. The Bertz CT molecular complexity index is 1830. The second-order valence-corrected chi connectivity index (χ2v) is 13.2. The van der Waals surface area contributed by atoms with Gasteiger partial charge in [0.25, 0.3) is 5.88 Å². The normalized spacial score (nSPS) is 20.6. The number of carbonyl (C=O) groups is 1. The van der Waals surface area contributed by atoms with Crippen LogP contribution >= 0.6 is 34.7 Å². The number of hydrogen-bond donors (Lipinski definition) is 0. The van der Waals surface area contributed by atoms with E-state index >= 15 is 0 Å². The molecule has 1 fully saturated rings. The summed E-state index contributed by atoms with van der Waals surface area (Å²) < 4.78 is 57.2. The highest BCUT2D eigenvalue weighted by molar-refractivity contribution is 7.99. The first-order valence-corrected chi connectivity index (χ1v) is 16.0. The van der Waals surface area contributed by atoms with Crippen molar-refractivity contribution in [1.82, 2.24) is 19.6 Å². The van der Waals surface area contributed by atoms with Crippen LogP contribution in [0.15, 0.2) is 50.4 Å². The number of carbonyl (C=O) groups excluding carboxylic acids is 1. The van der Waals surface area contributed by atoms with Crippen molar-refractivity contribution in [2.75, 3.05) is 23.7 Å². The molecule has 1 amide bonds. The summed E-state index contributed by atoms with van der Waals surface area (Å²) >= 11 is 8.47. The summed E-state index contributed by atoms with van der Waals surface area (Å²) in [5.74, 6) is 0.861. The van der Waals surface area contributed by atoms with Crippen LogP contribution in [0, 0.1) is 6.92 Å². The molecule has 0 radical (unpaired) electrons. The van der Waals surface area contributed by atoms with E-state index in [9.17, 15) is 22.8 Å². The number of piperazine rings is 1. The van der Waals surface area contributed by atoms with Crippen molar-refractivity contribution >= 4 is 57.3 Å². The number of rotatable bonds is 5. The van der Waals surface area contributed by atoms with E-state index in [0.717, 1.165) is 17.4 Å². The molecule has 232 valence electrons. The van der Waals surface area contributed by atoms with Crippen molar-refractivity contribution in [3.63, 3.8) is 0 Å². The molecule has 1 aromatic carbocycles. The van der Waals surface area contributed by atoms with Gasteiger partial charge in [0.1, 0.15) is 17.7 Å². The fourth-order valence-electron chi connectivity index (χ4n) is 5.97. The predicted octanol–water partition coefficient (Wildman–Crippen LogP) is 6.26. The summed E-state index contributed by atoms with van der Waals surface area (Å²) in [5, 5.41) is 5.95. The number of thioether (sulfide) groups is 1. The first-order valence-electron chi connectivity index (χ1n) is 13.7. The van der Waals surface area contributed by atoms with Gasteiger partial charge in [-0.25, -0.2) is 4.79 Å². The second-order valence-electron chi connectivity index (χ2n) is 10.9. The van der Waals surface area contributed by atoms with Crippen LogP contribution in [0.25, 0.3) is 21.3 Å². The molecule has 0 saturated carbocycles. The molecule has 0 unspecified atom stereocenters. The van der Waals surface area contributed by atoms with Crippen molar-refractivity contribution < 1.29 is 27.2 Å². The largest absolute Gasteiger partial charge is 0.469 e. The number of thiophene rings is 1. The predicted molar refractivity (Wildman–Crippen MR) is 164 cm³/mol. The zero-order valence-electron chi connectivity index (χ0n) is 23.9. The van der Waals surface area contributed by atoms with Crippen molar-refractivity contribution in [3.05, 3.63) is 63.1 Å². The topological polar surface area (TPSA) is 93.7 Å². The number of alkyl halides is 3. The molecule has 5 heterocycles. The van der Waals surface area contributed by atoms with Crippen LogP contribution in [0.1, 0.15) is 25.2 Å². The van der Waals surface area contributed by atoms with E-state index in [2.05, 4.69) is 16.7 Å². The Hall–Kier alpha value is -3.49. The molecular formula is C29H27ClF3N5O4S2. The quantitative estimate of drug-likeness (QED) is 0.231. The first-order chi connectivity index (χ1) is 20.8. The lowest BCUT2D eigenvalue weighted by atomic mass is 10.0. The Morgan fingerprint density at radius 1 is 1.20 bits per heavy atom. The molecule has 15 heteroatoms. The minimum absolute atomic E-state index is 0.0267. The summed E-state index contributed by atoms with van der Waals surface area (Å²) in [6.45, 7) is 9.53. The number of ether oxygens (including phenoxy) is 1. The highest BCUT2D eigenvalue weighted by Gasteiger charge is 2.40. The molecule has 44 heavy (non-hydrogen) atoms. The smallest absolute Gasteiger partial charge is 0.417 e. The van der Waals surface area contributed by atoms with Gasteiger partial charge in [-0.3, -0.25) is 9.36 Å². The Labute approximate surface area is 263 Å². The second kappa shape index (κ2) is 11.5. The van der Waals surface area contributed by atoms with Gasteiger partial charge in [0.15, 0.2) is 0 Å². The van der Waals surface area contributed by atoms with E-state index in [0.29, 0.717) is 21.2 Å². The van der Waals surface area contributed by atoms with Crippen LogP contribution in [0.3, 0.4) is 0 Å². The zero-order valence-corrected chi connectivity index (χ0v) is 26.2. The SMILES string of the molecule is C=CC(=O)N1[C@H](C)CN(c2nc(=O)n3c4c(c(-c5cc(Cl)cs5)c(C(F)(F)F)cc24)SC[C@@H](Oc2cc(C)on2)C3)C[C@@H]1C. The lowest BCUT2D eigenvalue weighted by molar-refractivity contribution is -0.137. The van der Waals surface area contributed by atoms with E-state index in [1.165, 1.54) is 28.5 Å². The van der Waals surface area contributed by atoms with Crippen molar-refractivity contribution in [1.29, 1.82) is 0 Å². The number of aryl methyl sites for hydroxylation is 1. The number of hydrogen-bond acceptors (Lipinski definition) is 9. The summed E-state index contributed by atoms with van der Waals surface area (Å²) in [4.78, 5) is 34.8. The Morgan fingerprint density at radius 2 is 1.93 bits per heavy atom. The molecule has 3 atom stereocenters. The van der Waals surface area contributed by atoms with E-state index in [1.54, 1.807) is 28.2 Å². The molecule has 0 spiro atoms. The van der Waals surface area contributed by atoms with E-state index in [1.807, 2.05) is 13.8 Å². The highest BCUT2D eigenvalue weighted by atomic mass is 35.5. The molecule has 1 saturated heterocycles. The summed E-state index contributed by atoms with van der Waals surface area (Å²) in [5.41, 5.74) is -1.18. The third-order valence-electron chi connectivity index (χ3n) is 7.66. The van der Waals surface area contributed by atoms with Crippen LogP contribution < -0.4 is 15.3 Å². The Balaban J connectivity index is 1.58. The summed E-state index contributed by atoms with van der Waals surface area (Å²) in [7, 11) is 0. The Kier molecular flexibility index (Phi) is 7.95. The maximum atomic E-state index is 14.9. The van der Waals surface area contributed by atoms with Crippen LogP contribution in [-0.2, 0) is 17.5 Å². The molecule has 9 nitrogen and oxygen atoms in total. The van der Waals surface area contributed by atoms with Gasteiger partial charge in [-0.05, 0) is 44.1 Å². The lowest BCUT2D eigenvalue weighted by Crippen LogP contribution is -2.58. The van der Waals surface area contributed by atoms with Gasteiger partial charge in [0.2, 0.25) is 5.91 Å². The van der Waals surface area contributed by atoms with Gasteiger partial charge >= 0.3 is 11.9 Å². The maximum Gasteiger partial charge on any atom is 0.417 e. The van der Waals surface area contributed by atoms with E-state index in [4.69, 9.17) is 20.9 Å². The number of amides is 1. The number of aromatic nitrogens is 3. The number of anilines is 1. The molecule has 4 aromatic rings. The zero-order chi connectivity index (χ0) is 31.5. The highest BCUT2D eigenvalue weighted by Crippen LogP contribution is 2.50. The fourth-order valence-corrected chi connectivity index (χ4v) is 8.42. The van der Waals surface area contributed by atoms with Crippen LogP contribution in [0.4, 0.5) is 19.0 Å². The van der Waals surface area contributed by atoms with Crippen LogP contribution in [0.5, 0.6) is 5.88 Å². The van der Waals surface area contributed by atoms with Crippen LogP contribution in [-0.4, -0.2) is 62.5 Å². The molecule has 3 aromatic heterocycles. The first kappa shape index (κ1) is 30.5. The standard InChI is InChI=1S/C29H27ClF3N5O4S2/c1-5-23(39)38-14(2)9-36(10-15(38)3)27-19-8-20(29(31,32)33)24(21-7-17(30)12-43-21)26-25(19)37(28(40)34-27)11-18(13-44-26)41-22-6-16(4)42-35-22/h5-8,12,14-15,18H,1,9-11,13H2,2-4H3/t14-,15+,18-/m0/s1. The molecule has 2 aliphatic rings. The van der Waals surface area contributed by atoms with Gasteiger partial charge < -0.3 is 19.1 Å². The number of nitrogens with zero attached hydrogens (tertiary/aromatic N) is 5. The molecule has 0 aliphatic carbocycles. The van der Waals surface area contributed by atoms with Crippen molar-refractivity contribution in [3.8, 4) is 16.3 Å². The number of benzene rings is 1. The van der Waals surface area contributed by atoms with Gasteiger partial charge in [0.05, 0.1) is 22.6 Å². The van der Waals surface area contributed by atoms with Gasteiger partial charge in [-0.2, -0.15) is 18.2 Å². The average molecular weight is 666 g/mol. The van der Waals surface area contributed by atoms with E-state index in [-0.39, 0.29) is 70.9 Å². The molecule has 0 bridgehead atoms. The van der Waals surface area contributed by atoms with Gasteiger partial charge in [-0.15, -0.1) is 23.1 Å². The molecule has 2 aliphatic heterocycles. The van der Waals surface area contributed by atoms with E-state index < -0.39 is 23.5 Å². The molecule has 0 N–H and O–H groups in total. The minimum atomic E-state index is -4.73. The van der Waals surface area contributed by atoms with Gasteiger partial charge in [0, 0.05) is 63.1 Å². The fraction of sp³-hybridized carbons (Fsp3) is 0.379. The van der Waals surface area contributed by atoms with Crippen LogP contribution in [0.2, 0.25) is 5.02 Å². The monoisotopic (exact) mass is 665 g/mol. The van der Waals surface area contributed by atoms with Gasteiger partial charge in [-0.1, -0.05) is 18.2 Å². The van der Waals surface area contributed by atoms with Crippen molar-refractivity contribution in [2.45, 2.75) is 56.6 Å². The maximum absolute atomic E-state index is 14.9. The number of halogens is 4. The molecule has 6 rings (SSSR count). The molecular weight excluding hydrogens is 639 g/mol. The Morgan fingerprint density at radius 3 is 2.52 bits per heavy atom. The summed E-state index contributed by atoms with van der Waals surface area (Å²) in [6.07, 6.45) is -4.12. The third-order valence-corrected chi connectivity index (χ3v) is 10.2. The summed E-state index contributed by atoms with van der Waals surface area (Å²) in [6, 6.07) is 3.56. The minimum Gasteiger partial charge on any atom is -0.469 e. The lowest BCUT2D eigenvalue weighted by Gasteiger charge is -2.44. The average Bonchev–Trinajstić information content (AvgIpc) is 3.52.